The number of fused-ring (bicyclic) bond motifs is 5. The summed E-state index contributed by atoms with van der Waals surface area (Å²) in [5.74, 6) is 2.58. The van der Waals surface area contributed by atoms with Crippen LogP contribution in [-0.4, -0.2) is 28.2 Å². The Balaban J connectivity index is 1.67. The molecule has 4 saturated carbocycles. The van der Waals surface area contributed by atoms with Gasteiger partial charge in [-0.15, -0.1) is 0 Å². The Hall–Kier alpha value is -0.410. The summed E-state index contributed by atoms with van der Waals surface area (Å²) < 4.78 is 0. The van der Waals surface area contributed by atoms with E-state index in [0.29, 0.717) is 30.0 Å². The molecule has 24 heavy (non-hydrogen) atoms. The molecular weight excluding hydrogens is 300 g/mol. The fraction of sp³-hybridized carbons (Fsp3) is 0.952. The highest BCUT2D eigenvalue weighted by Crippen LogP contribution is 2.66. The Morgan fingerprint density at radius 2 is 1.83 bits per heavy atom. The van der Waals surface area contributed by atoms with Gasteiger partial charge in [0.25, 0.3) is 0 Å². The minimum absolute atomic E-state index is 0.00376. The van der Waals surface area contributed by atoms with Gasteiger partial charge in [-0.3, -0.25) is 4.79 Å². The van der Waals surface area contributed by atoms with E-state index in [0.717, 1.165) is 32.1 Å². The topological polar surface area (TPSA) is 57.5 Å². The Labute approximate surface area is 146 Å². The van der Waals surface area contributed by atoms with Gasteiger partial charge in [-0.2, -0.15) is 0 Å². The average Bonchev–Trinajstić information content (AvgIpc) is 2.84. The largest absolute Gasteiger partial charge is 0.393 e. The molecule has 3 nitrogen and oxygen atoms in total. The molecule has 4 aliphatic carbocycles. The number of Topliss-reactive ketones (excluding diaryl/α,β-unsaturated/α-hetero) is 1. The van der Waals surface area contributed by atoms with Gasteiger partial charge in [0.05, 0.1) is 12.2 Å². The SMILES string of the molecule is C[C@H](O)[C@@H]1CC[C@@H]2[C@H]3CC[C@H]4C[C@@H](O)CC[C@]4(C)[C@@H]3C(=O)C[C@]21C. The zero-order valence-corrected chi connectivity index (χ0v) is 15.5. The highest BCUT2D eigenvalue weighted by molar-refractivity contribution is 5.84. The van der Waals surface area contributed by atoms with Gasteiger partial charge in [-0.05, 0) is 86.4 Å². The van der Waals surface area contributed by atoms with Gasteiger partial charge in [-0.1, -0.05) is 13.8 Å². The van der Waals surface area contributed by atoms with E-state index < -0.39 is 0 Å². The molecule has 0 bridgehead atoms. The van der Waals surface area contributed by atoms with Crippen LogP contribution in [0.1, 0.15) is 72.1 Å². The highest BCUT2D eigenvalue weighted by Gasteiger charge is 2.63. The summed E-state index contributed by atoms with van der Waals surface area (Å²) in [7, 11) is 0. The molecule has 0 amide bonds. The Morgan fingerprint density at radius 3 is 2.54 bits per heavy atom. The zero-order chi connectivity index (χ0) is 17.3. The van der Waals surface area contributed by atoms with Crippen molar-refractivity contribution in [3.63, 3.8) is 0 Å². The van der Waals surface area contributed by atoms with Crippen LogP contribution in [0.4, 0.5) is 0 Å². The van der Waals surface area contributed by atoms with Crippen LogP contribution in [0.3, 0.4) is 0 Å². The fourth-order valence-corrected chi connectivity index (χ4v) is 7.88. The molecule has 0 spiro atoms. The first kappa shape index (κ1) is 17.0. The second-order valence-corrected chi connectivity index (χ2v) is 10.0. The molecular formula is C21H34O3. The van der Waals surface area contributed by atoms with Crippen molar-refractivity contribution in [2.24, 2.45) is 40.4 Å². The van der Waals surface area contributed by atoms with Crippen LogP contribution in [0.15, 0.2) is 0 Å². The molecule has 0 radical (unpaired) electrons. The maximum atomic E-state index is 13.3. The van der Waals surface area contributed by atoms with E-state index in [4.69, 9.17) is 0 Å². The van der Waals surface area contributed by atoms with E-state index in [1.54, 1.807) is 0 Å². The lowest BCUT2D eigenvalue weighted by atomic mass is 9.44. The lowest BCUT2D eigenvalue weighted by molar-refractivity contribution is -0.163. The van der Waals surface area contributed by atoms with Gasteiger partial charge >= 0.3 is 0 Å². The van der Waals surface area contributed by atoms with Crippen LogP contribution in [0, 0.1) is 40.4 Å². The fourth-order valence-electron chi connectivity index (χ4n) is 7.88. The normalized spacial score (nSPS) is 55.5. The summed E-state index contributed by atoms with van der Waals surface area (Å²) in [6, 6.07) is 0. The molecule has 3 heteroatoms. The number of aliphatic hydroxyl groups excluding tert-OH is 2. The van der Waals surface area contributed by atoms with Crippen LogP contribution >= 0.6 is 0 Å². The first-order chi connectivity index (χ1) is 11.3. The molecule has 0 aromatic rings. The number of hydrogen-bond acceptors (Lipinski definition) is 3. The molecule has 0 aliphatic heterocycles. The van der Waals surface area contributed by atoms with Crippen molar-refractivity contribution in [2.75, 3.05) is 0 Å². The van der Waals surface area contributed by atoms with Crippen LogP contribution in [0.25, 0.3) is 0 Å². The molecule has 136 valence electrons. The number of hydrogen-bond donors (Lipinski definition) is 2. The number of carbonyl (C=O) groups is 1. The zero-order valence-electron chi connectivity index (χ0n) is 15.5. The smallest absolute Gasteiger partial charge is 0.137 e. The van der Waals surface area contributed by atoms with Crippen molar-refractivity contribution < 1.29 is 15.0 Å². The van der Waals surface area contributed by atoms with Crippen LogP contribution in [0.2, 0.25) is 0 Å². The molecule has 0 heterocycles. The van der Waals surface area contributed by atoms with Crippen molar-refractivity contribution in [1.29, 1.82) is 0 Å². The van der Waals surface area contributed by atoms with Gasteiger partial charge in [0.15, 0.2) is 0 Å². The van der Waals surface area contributed by atoms with Crippen molar-refractivity contribution in [2.45, 2.75) is 84.3 Å². The standard InChI is InChI=1S/C21H34O3/c1-12(22)16-6-7-17-15-5-4-13-10-14(23)8-9-20(13,2)19(15)18(24)11-21(16,17)3/h12-17,19,22-23H,4-11H2,1-3H3/t12-,13-,14-,15+,16-,17+,19-,20-,21-/m0/s1. The van der Waals surface area contributed by atoms with Crippen molar-refractivity contribution >= 4 is 5.78 Å². The third kappa shape index (κ3) is 2.19. The highest BCUT2D eigenvalue weighted by atomic mass is 16.3. The second-order valence-electron chi connectivity index (χ2n) is 10.0. The second kappa shape index (κ2) is 5.54. The number of carbonyl (C=O) groups excluding carboxylic acids is 1. The van der Waals surface area contributed by atoms with Crippen LogP contribution in [-0.2, 0) is 4.79 Å². The Bertz CT molecular complexity index is 529. The molecule has 0 aromatic heterocycles. The van der Waals surface area contributed by atoms with Crippen LogP contribution < -0.4 is 0 Å². The molecule has 0 aromatic carbocycles. The quantitative estimate of drug-likeness (QED) is 0.771. The lowest BCUT2D eigenvalue weighted by Crippen LogP contribution is -2.58. The third-order valence-corrected chi connectivity index (χ3v) is 8.98. The van der Waals surface area contributed by atoms with Gasteiger partial charge in [0.2, 0.25) is 0 Å². The first-order valence-corrected chi connectivity index (χ1v) is 10.2. The third-order valence-electron chi connectivity index (χ3n) is 8.98. The summed E-state index contributed by atoms with van der Waals surface area (Å²) in [5, 5.41) is 20.4. The minimum Gasteiger partial charge on any atom is -0.393 e. The predicted octanol–water partition coefficient (Wildman–Crippen LogP) is 3.57. The first-order valence-electron chi connectivity index (χ1n) is 10.2. The minimum atomic E-state index is -0.305. The van der Waals surface area contributed by atoms with Crippen LogP contribution in [0.5, 0.6) is 0 Å². The molecule has 9 atom stereocenters. The van der Waals surface area contributed by atoms with Crippen molar-refractivity contribution in [3.8, 4) is 0 Å². The maximum absolute atomic E-state index is 13.3. The van der Waals surface area contributed by atoms with E-state index in [9.17, 15) is 15.0 Å². The summed E-state index contributed by atoms with van der Waals surface area (Å²) >= 11 is 0. The van der Waals surface area contributed by atoms with Crippen molar-refractivity contribution in [1.82, 2.24) is 0 Å². The summed E-state index contributed by atoms with van der Waals surface area (Å²) in [6.07, 6.45) is 7.56. The average molecular weight is 335 g/mol. The molecule has 4 fully saturated rings. The summed E-state index contributed by atoms with van der Waals surface area (Å²) in [4.78, 5) is 13.3. The van der Waals surface area contributed by atoms with E-state index in [1.165, 1.54) is 12.8 Å². The monoisotopic (exact) mass is 334 g/mol. The molecule has 4 rings (SSSR count). The molecule has 0 unspecified atom stereocenters. The summed E-state index contributed by atoms with van der Waals surface area (Å²) in [6.45, 7) is 6.55. The predicted molar refractivity (Wildman–Crippen MR) is 93.3 cm³/mol. The Kier molecular flexibility index (Phi) is 3.93. The number of rotatable bonds is 1. The van der Waals surface area contributed by atoms with E-state index in [2.05, 4.69) is 13.8 Å². The van der Waals surface area contributed by atoms with Gasteiger partial charge in [-0.25, -0.2) is 0 Å². The number of ketones is 1. The van der Waals surface area contributed by atoms with Gasteiger partial charge in [0, 0.05) is 12.3 Å². The van der Waals surface area contributed by atoms with E-state index in [1.807, 2.05) is 6.92 Å². The number of aliphatic hydroxyl groups is 2. The lowest BCUT2D eigenvalue weighted by Gasteiger charge is -2.60. The van der Waals surface area contributed by atoms with Gasteiger partial charge < -0.3 is 10.2 Å². The van der Waals surface area contributed by atoms with E-state index >= 15 is 0 Å². The summed E-state index contributed by atoms with van der Waals surface area (Å²) in [5.41, 5.74) is 0.104. The molecule has 0 saturated heterocycles. The van der Waals surface area contributed by atoms with E-state index in [-0.39, 0.29) is 34.9 Å². The molecule has 2 N–H and O–H groups in total. The van der Waals surface area contributed by atoms with Gasteiger partial charge in [0.1, 0.15) is 5.78 Å². The molecule has 4 aliphatic rings. The maximum Gasteiger partial charge on any atom is 0.137 e. The van der Waals surface area contributed by atoms with Crippen molar-refractivity contribution in [3.05, 3.63) is 0 Å². The Morgan fingerprint density at radius 1 is 1.08 bits per heavy atom.